The van der Waals surface area contributed by atoms with Crippen molar-refractivity contribution in [1.82, 2.24) is 10.2 Å². The van der Waals surface area contributed by atoms with Crippen LogP contribution in [-0.2, 0) is 9.53 Å². The minimum atomic E-state index is 0.0550. The van der Waals surface area contributed by atoms with Crippen molar-refractivity contribution >= 4 is 5.97 Å². The van der Waals surface area contributed by atoms with Gasteiger partial charge in [-0.15, -0.1) is 0 Å². The Morgan fingerprint density at radius 1 is 1.05 bits per heavy atom. The van der Waals surface area contributed by atoms with E-state index in [1.54, 1.807) is 0 Å². The Labute approximate surface area is 122 Å². The molecule has 0 aromatic carbocycles. The summed E-state index contributed by atoms with van der Waals surface area (Å²) in [5.41, 5.74) is 0. The summed E-state index contributed by atoms with van der Waals surface area (Å²) in [5, 5.41) is 3.30. The molecule has 114 valence electrons. The Kier molecular flexibility index (Phi) is 4.94. The third-order valence-electron chi connectivity index (χ3n) is 5.34. The molecule has 0 aliphatic carbocycles. The van der Waals surface area contributed by atoms with Crippen LogP contribution in [-0.4, -0.2) is 49.7 Å². The molecule has 20 heavy (non-hydrogen) atoms. The molecule has 0 amide bonds. The lowest BCUT2D eigenvalue weighted by molar-refractivity contribution is -0.152. The summed E-state index contributed by atoms with van der Waals surface area (Å²) in [4.78, 5) is 14.8. The fourth-order valence-electron chi connectivity index (χ4n) is 4.14. The molecule has 2 atom stereocenters. The summed E-state index contributed by atoms with van der Waals surface area (Å²) in [5.74, 6) is 0.774. The van der Waals surface area contributed by atoms with Crippen LogP contribution in [0.4, 0.5) is 0 Å². The van der Waals surface area contributed by atoms with Gasteiger partial charge in [0.1, 0.15) is 0 Å². The van der Waals surface area contributed by atoms with E-state index in [0.717, 1.165) is 25.9 Å². The zero-order valence-corrected chi connectivity index (χ0v) is 12.5. The monoisotopic (exact) mass is 280 g/mol. The molecule has 3 fully saturated rings. The van der Waals surface area contributed by atoms with Crippen molar-refractivity contribution in [2.75, 3.05) is 32.8 Å². The molecule has 0 aromatic rings. The maximum Gasteiger partial charge on any atom is 0.309 e. The van der Waals surface area contributed by atoms with E-state index >= 15 is 0 Å². The Bertz CT molecular complexity index is 326. The summed E-state index contributed by atoms with van der Waals surface area (Å²) < 4.78 is 5.68. The number of piperidine rings is 3. The molecule has 1 N–H and O–H groups in total. The second-order valence-electron chi connectivity index (χ2n) is 6.66. The van der Waals surface area contributed by atoms with Gasteiger partial charge in [-0.1, -0.05) is 6.42 Å². The summed E-state index contributed by atoms with van der Waals surface area (Å²) in [6, 6.07) is 0.679. The van der Waals surface area contributed by atoms with E-state index < -0.39 is 0 Å². The summed E-state index contributed by atoms with van der Waals surface area (Å²) in [6.07, 6.45) is 8.39. The zero-order valence-electron chi connectivity index (χ0n) is 12.5. The second-order valence-corrected chi connectivity index (χ2v) is 6.66. The minimum Gasteiger partial charge on any atom is -0.465 e. The Morgan fingerprint density at radius 3 is 2.70 bits per heavy atom. The van der Waals surface area contributed by atoms with E-state index in [0.29, 0.717) is 18.6 Å². The third-order valence-corrected chi connectivity index (χ3v) is 5.34. The molecule has 3 aliphatic rings. The number of rotatable bonds is 3. The van der Waals surface area contributed by atoms with Crippen molar-refractivity contribution in [3.63, 3.8) is 0 Å². The largest absolute Gasteiger partial charge is 0.465 e. The van der Waals surface area contributed by atoms with E-state index in [2.05, 4.69) is 10.2 Å². The number of nitrogens with zero attached hydrogens (tertiary/aromatic N) is 1. The van der Waals surface area contributed by atoms with Gasteiger partial charge in [-0.25, -0.2) is 0 Å². The predicted molar refractivity (Wildman–Crippen MR) is 78.5 cm³/mol. The number of carbonyl (C=O) groups is 1. The van der Waals surface area contributed by atoms with E-state index in [1.807, 2.05) is 0 Å². The average molecular weight is 280 g/mol. The molecule has 3 aliphatic heterocycles. The normalized spacial score (nSPS) is 32.6. The lowest BCUT2D eigenvalue weighted by Gasteiger charge is -2.44. The van der Waals surface area contributed by atoms with Gasteiger partial charge in [-0.3, -0.25) is 9.69 Å². The van der Waals surface area contributed by atoms with Gasteiger partial charge in [0.25, 0.3) is 0 Å². The average Bonchev–Trinajstić information content (AvgIpc) is 2.53. The van der Waals surface area contributed by atoms with Crippen molar-refractivity contribution in [1.29, 1.82) is 0 Å². The van der Waals surface area contributed by atoms with Crippen LogP contribution >= 0.6 is 0 Å². The Morgan fingerprint density at radius 2 is 1.85 bits per heavy atom. The maximum atomic E-state index is 12.1. The molecule has 4 nitrogen and oxygen atoms in total. The molecular weight excluding hydrogens is 252 g/mol. The van der Waals surface area contributed by atoms with Gasteiger partial charge in [0.15, 0.2) is 0 Å². The van der Waals surface area contributed by atoms with Gasteiger partial charge in [0.2, 0.25) is 0 Å². The van der Waals surface area contributed by atoms with E-state index in [-0.39, 0.29) is 11.9 Å². The number of nitrogens with one attached hydrogen (secondary N) is 1. The quantitative estimate of drug-likeness (QED) is 0.800. The van der Waals surface area contributed by atoms with E-state index in [9.17, 15) is 4.79 Å². The van der Waals surface area contributed by atoms with Crippen molar-refractivity contribution < 1.29 is 9.53 Å². The van der Waals surface area contributed by atoms with Crippen LogP contribution < -0.4 is 5.32 Å². The van der Waals surface area contributed by atoms with Gasteiger partial charge >= 0.3 is 5.97 Å². The SMILES string of the molecule is O=C(OC[C@@H]1CCCN2CCCC[C@H]12)C1CCNCC1. The fourth-order valence-corrected chi connectivity index (χ4v) is 4.14. The zero-order chi connectivity index (χ0) is 13.8. The van der Waals surface area contributed by atoms with Crippen LogP contribution in [0.5, 0.6) is 0 Å². The van der Waals surface area contributed by atoms with Gasteiger partial charge < -0.3 is 10.1 Å². The highest BCUT2D eigenvalue weighted by atomic mass is 16.5. The topological polar surface area (TPSA) is 41.6 Å². The lowest BCUT2D eigenvalue weighted by Crippen LogP contribution is -2.49. The van der Waals surface area contributed by atoms with E-state index in [4.69, 9.17) is 4.74 Å². The maximum absolute atomic E-state index is 12.1. The Balaban J connectivity index is 1.48. The molecule has 3 heterocycles. The van der Waals surface area contributed by atoms with Crippen LogP contribution in [0.15, 0.2) is 0 Å². The highest BCUT2D eigenvalue weighted by Crippen LogP contribution is 2.31. The van der Waals surface area contributed by atoms with Gasteiger partial charge in [0.05, 0.1) is 12.5 Å². The van der Waals surface area contributed by atoms with Crippen LogP contribution in [0.1, 0.15) is 44.9 Å². The van der Waals surface area contributed by atoms with Crippen LogP contribution in [0.25, 0.3) is 0 Å². The van der Waals surface area contributed by atoms with Crippen LogP contribution in [0.2, 0.25) is 0 Å². The molecule has 0 unspecified atom stereocenters. The summed E-state index contributed by atoms with van der Waals surface area (Å²) in [7, 11) is 0. The molecule has 0 saturated carbocycles. The number of fused-ring (bicyclic) bond motifs is 1. The molecule has 0 radical (unpaired) electrons. The number of hydrogen-bond acceptors (Lipinski definition) is 4. The molecule has 0 spiro atoms. The van der Waals surface area contributed by atoms with Crippen molar-refractivity contribution in [2.45, 2.75) is 51.0 Å². The first-order valence-corrected chi connectivity index (χ1v) is 8.46. The third kappa shape index (κ3) is 3.34. The molecule has 4 heteroatoms. The highest BCUT2D eigenvalue weighted by molar-refractivity contribution is 5.72. The van der Waals surface area contributed by atoms with Crippen molar-refractivity contribution in [3.05, 3.63) is 0 Å². The molecular formula is C16H28N2O2. The van der Waals surface area contributed by atoms with Gasteiger partial charge in [-0.05, 0) is 64.7 Å². The number of carbonyl (C=O) groups excluding carboxylic acids is 1. The first-order valence-electron chi connectivity index (χ1n) is 8.46. The second kappa shape index (κ2) is 6.90. The number of esters is 1. The standard InChI is InChI=1S/C16H28N2O2/c19-16(13-6-8-17-9-7-13)20-12-14-4-3-11-18-10-2-1-5-15(14)18/h13-15,17H,1-12H2/t14-,15+/m0/s1. The first-order chi connectivity index (χ1) is 9.84. The highest BCUT2D eigenvalue weighted by Gasteiger charge is 2.34. The Hall–Kier alpha value is -0.610. The van der Waals surface area contributed by atoms with E-state index in [1.165, 1.54) is 45.2 Å². The molecule has 0 bridgehead atoms. The number of ether oxygens (including phenoxy) is 1. The lowest BCUT2D eigenvalue weighted by atomic mass is 9.84. The number of hydrogen-bond donors (Lipinski definition) is 1. The molecule has 3 saturated heterocycles. The smallest absolute Gasteiger partial charge is 0.309 e. The van der Waals surface area contributed by atoms with Crippen LogP contribution in [0, 0.1) is 11.8 Å². The first kappa shape index (κ1) is 14.3. The minimum absolute atomic E-state index is 0.0550. The predicted octanol–water partition coefficient (Wildman–Crippen LogP) is 1.79. The van der Waals surface area contributed by atoms with Gasteiger partial charge in [0, 0.05) is 12.0 Å². The summed E-state index contributed by atoms with van der Waals surface area (Å²) in [6.45, 7) is 5.08. The van der Waals surface area contributed by atoms with Crippen molar-refractivity contribution in [3.8, 4) is 0 Å². The van der Waals surface area contributed by atoms with Crippen molar-refractivity contribution in [2.24, 2.45) is 11.8 Å². The molecule has 3 rings (SSSR count). The van der Waals surface area contributed by atoms with Crippen LogP contribution in [0.3, 0.4) is 0 Å². The molecule has 0 aromatic heterocycles. The van der Waals surface area contributed by atoms with Gasteiger partial charge in [-0.2, -0.15) is 0 Å². The fraction of sp³-hybridized carbons (Fsp3) is 0.938. The summed E-state index contributed by atoms with van der Waals surface area (Å²) >= 11 is 0.